The number of benzene rings is 3. The van der Waals surface area contributed by atoms with E-state index in [4.69, 9.17) is 18.6 Å². The molecule has 0 saturated carbocycles. The molecule has 6 nitrogen and oxygen atoms in total. The standard InChI is InChI=1S/C25H18FNO5/c26-19-12-17(24-18(13-19)15-30-25(32-24)16-6-2-1-3-7-16)14-29-23(28)11-10-22-27-20-8-4-5-9-21(20)31-22/h1-13,25H,14-15H2/b11-10+. The number of carbonyl (C=O) groups excluding carboxylic acids is 1. The van der Waals surface area contributed by atoms with Crippen molar-refractivity contribution in [3.05, 3.63) is 101 Å². The Morgan fingerprint density at radius 2 is 1.94 bits per heavy atom. The summed E-state index contributed by atoms with van der Waals surface area (Å²) in [6.45, 7) is 0.0313. The van der Waals surface area contributed by atoms with Gasteiger partial charge in [-0.1, -0.05) is 42.5 Å². The zero-order chi connectivity index (χ0) is 21.9. The molecule has 0 N–H and O–H groups in total. The van der Waals surface area contributed by atoms with E-state index in [1.54, 1.807) is 6.07 Å². The van der Waals surface area contributed by atoms with Gasteiger partial charge in [0.05, 0.1) is 6.61 Å². The molecule has 1 aliphatic heterocycles. The van der Waals surface area contributed by atoms with Gasteiger partial charge in [0.1, 0.15) is 23.7 Å². The highest BCUT2D eigenvalue weighted by molar-refractivity contribution is 5.87. The zero-order valence-electron chi connectivity index (χ0n) is 16.9. The van der Waals surface area contributed by atoms with Crippen molar-refractivity contribution >= 4 is 23.1 Å². The van der Waals surface area contributed by atoms with E-state index in [2.05, 4.69) is 4.98 Å². The van der Waals surface area contributed by atoms with E-state index in [1.165, 1.54) is 24.3 Å². The third kappa shape index (κ3) is 4.24. The minimum atomic E-state index is -0.623. The molecule has 4 aromatic rings. The smallest absolute Gasteiger partial charge is 0.331 e. The maximum atomic E-state index is 14.1. The van der Waals surface area contributed by atoms with E-state index in [0.29, 0.717) is 28.0 Å². The van der Waals surface area contributed by atoms with Crippen molar-refractivity contribution in [2.45, 2.75) is 19.5 Å². The number of esters is 1. The van der Waals surface area contributed by atoms with Crippen LogP contribution in [-0.4, -0.2) is 11.0 Å². The molecule has 3 aromatic carbocycles. The Hall–Kier alpha value is -3.97. The van der Waals surface area contributed by atoms with Gasteiger partial charge in [-0.05, 0) is 24.3 Å². The molecule has 1 aromatic heterocycles. The van der Waals surface area contributed by atoms with Crippen LogP contribution in [0.2, 0.25) is 0 Å². The van der Waals surface area contributed by atoms with Crippen molar-refractivity contribution in [3.8, 4) is 5.75 Å². The third-order valence-corrected chi connectivity index (χ3v) is 4.94. The van der Waals surface area contributed by atoms with Gasteiger partial charge in [-0.25, -0.2) is 14.2 Å². The van der Waals surface area contributed by atoms with E-state index >= 15 is 0 Å². The monoisotopic (exact) mass is 431 g/mol. The summed E-state index contributed by atoms with van der Waals surface area (Å²) >= 11 is 0. The number of hydrogen-bond acceptors (Lipinski definition) is 6. The summed E-state index contributed by atoms with van der Waals surface area (Å²) in [4.78, 5) is 16.5. The molecule has 5 rings (SSSR count). The molecular formula is C25H18FNO5. The second kappa shape index (κ2) is 8.64. The lowest BCUT2D eigenvalue weighted by Crippen LogP contribution is -2.19. The first kappa shape index (κ1) is 20.0. The van der Waals surface area contributed by atoms with Crippen molar-refractivity contribution in [1.82, 2.24) is 4.98 Å². The maximum absolute atomic E-state index is 14.1. The van der Waals surface area contributed by atoms with Gasteiger partial charge in [-0.3, -0.25) is 0 Å². The highest BCUT2D eigenvalue weighted by Crippen LogP contribution is 2.36. The van der Waals surface area contributed by atoms with Gasteiger partial charge in [0.15, 0.2) is 5.58 Å². The Bertz CT molecular complexity index is 1270. The summed E-state index contributed by atoms with van der Waals surface area (Å²) < 4.78 is 36.6. The number of nitrogens with zero attached hydrogens (tertiary/aromatic N) is 1. The average molecular weight is 431 g/mol. The molecule has 0 bridgehead atoms. The van der Waals surface area contributed by atoms with Crippen molar-refractivity contribution in [1.29, 1.82) is 0 Å². The van der Waals surface area contributed by atoms with E-state index < -0.39 is 18.1 Å². The molecule has 160 valence electrons. The predicted molar refractivity (Wildman–Crippen MR) is 114 cm³/mol. The van der Waals surface area contributed by atoms with Gasteiger partial charge < -0.3 is 18.6 Å². The van der Waals surface area contributed by atoms with Gasteiger partial charge >= 0.3 is 5.97 Å². The van der Waals surface area contributed by atoms with Crippen LogP contribution in [-0.2, 0) is 27.5 Å². The molecule has 1 unspecified atom stereocenters. The number of hydrogen-bond donors (Lipinski definition) is 0. The van der Waals surface area contributed by atoms with Gasteiger partial charge in [-0.15, -0.1) is 0 Å². The number of rotatable bonds is 5. The molecule has 0 amide bonds. The van der Waals surface area contributed by atoms with Gasteiger partial charge in [-0.2, -0.15) is 0 Å². The molecule has 2 heterocycles. The molecule has 0 radical (unpaired) electrons. The second-order valence-electron chi connectivity index (χ2n) is 7.19. The molecule has 32 heavy (non-hydrogen) atoms. The number of aromatic nitrogens is 1. The number of oxazole rings is 1. The summed E-state index contributed by atoms with van der Waals surface area (Å²) in [5.74, 6) is -0.321. The number of fused-ring (bicyclic) bond motifs is 2. The first-order valence-electron chi connectivity index (χ1n) is 10.0. The Balaban J connectivity index is 1.29. The number of ether oxygens (including phenoxy) is 3. The third-order valence-electron chi connectivity index (χ3n) is 4.94. The molecule has 1 aliphatic rings. The van der Waals surface area contributed by atoms with Crippen LogP contribution in [0.4, 0.5) is 4.39 Å². The van der Waals surface area contributed by atoms with Crippen LogP contribution in [0.15, 0.2) is 77.2 Å². The summed E-state index contributed by atoms with van der Waals surface area (Å²) in [5.41, 5.74) is 3.14. The van der Waals surface area contributed by atoms with Crippen LogP contribution >= 0.6 is 0 Å². The fourth-order valence-corrected chi connectivity index (χ4v) is 3.46. The van der Waals surface area contributed by atoms with E-state index in [9.17, 15) is 9.18 Å². The largest absolute Gasteiger partial charge is 0.460 e. The van der Waals surface area contributed by atoms with Crippen LogP contribution < -0.4 is 4.74 Å². The highest BCUT2D eigenvalue weighted by atomic mass is 19.1. The minimum absolute atomic E-state index is 0.154. The van der Waals surface area contributed by atoms with Crippen molar-refractivity contribution < 1.29 is 27.8 Å². The highest BCUT2D eigenvalue weighted by Gasteiger charge is 2.25. The molecule has 1 atom stereocenters. The molecule has 0 spiro atoms. The molecule has 0 fully saturated rings. The summed E-state index contributed by atoms with van der Waals surface area (Å²) in [7, 11) is 0. The molecule has 0 saturated heterocycles. The summed E-state index contributed by atoms with van der Waals surface area (Å²) in [6.07, 6.45) is 2.02. The number of halogens is 1. The average Bonchev–Trinajstić information content (AvgIpc) is 3.24. The first-order chi connectivity index (χ1) is 15.7. The van der Waals surface area contributed by atoms with Crippen LogP contribution in [0.25, 0.3) is 17.2 Å². The summed E-state index contributed by atoms with van der Waals surface area (Å²) in [6, 6.07) is 19.4. The fraction of sp³-hybridized carbons (Fsp3) is 0.120. The lowest BCUT2D eigenvalue weighted by atomic mass is 10.1. The Morgan fingerprint density at radius 1 is 1.12 bits per heavy atom. The summed E-state index contributed by atoms with van der Waals surface area (Å²) in [5, 5.41) is 0. The van der Waals surface area contributed by atoms with Crippen molar-refractivity contribution in [2.75, 3.05) is 0 Å². The van der Waals surface area contributed by atoms with E-state index in [0.717, 1.165) is 5.56 Å². The number of para-hydroxylation sites is 2. The second-order valence-corrected chi connectivity index (χ2v) is 7.19. The molecule has 0 aliphatic carbocycles. The maximum Gasteiger partial charge on any atom is 0.331 e. The minimum Gasteiger partial charge on any atom is -0.460 e. The zero-order valence-corrected chi connectivity index (χ0v) is 16.9. The Kier molecular flexibility index (Phi) is 5.39. The fourth-order valence-electron chi connectivity index (χ4n) is 3.46. The Labute approximate surface area is 182 Å². The van der Waals surface area contributed by atoms with Crippen LogP contribution in [0.3, 0.4) is 0 Å². The van der Waals surface area contributed by atoms with Crippen LogP contribution in [0, 0.1) is 5.82 Å². The molecule has 7 heteroatoms. The number of carbonyl (C=O) groups is 1. The quantitative estimate of drug-likeness (QED) is 0.314. The van der Waals surface area contributed by atoms with E-state index in [1.807, 2.05) is 48.5 Å². The van der Waals surface area contributed by atoms with Gasteiger partial charge in [0.25, 0.3) is 0 Å². The predicted octanol–water partition coefficient (Wildman–Crippen LogP) is 5.33. The van der Waals surface area contributed by atoms with Gasteiger partial charge in [0.2, 0.25) is 12.2 Å². The van der Waals surface area contributed by atoms with E-state index in [-0.39, 0.29) is 19.1 Å². The molecular weight excluding hydrogens is 413 g/mol. The van der Waals surface area contributed by atoms with Crippen LogP contribution in [0.1, 0.15) is 28.9 Å². The first-order valence-corrected chi connectivity index (χ1v) is 10.0. The van der Waals surface area contributed by atoms with Gasteiger partial charge in [0, 0.05) is 28.8 Å². The van der Waals surface area contributed by atoms with Crippen molar-refractivity contribution in [2.24, 2.45) is 0 Å². The topological polar surface area (TPSA) is 70.8 Å². The van der Waals surface area contributed by atoms with Crippen LogP contribution in [0.5, 0.6) is 5.75 Å². The van der Waals surface area contributed by atoms with Crippen molar-refractivity contribution in [3.63, 3.8) is 0 Å². The SMILES string of the molecule is O=C(/C=C/c1nc2ccccc2o1)OCc1cc(F)cc2c1OC(c1ccccc1)OC2. The lowest BCUT2D eigenvalue weighted by molar-refractivity contribution is -0.139. The Morgan fingerprint density at radius 3 is 2.78 bits per heavy atom. The lowest BCUT2D eigenvalue weighted by Gasteiger charge is -2.28. The normalized spacial score (nSPS) is 15.5.